The van der Waals surface area contributed by atoms with Gasteiger partial charge in [0.1, 0.15) is 0 Å². The van der Waals surface area contributed by atoms with Crippen molar-refractivity contribution in [3.63, 3.8) is 0 Å². The largest absolute Gasteiger partial charge is 0.399 e. The Morgan fingerprint density at radius 1 is 1.48 bits per heavy atom. The average molecular weight is 300 g/mol. The van der Waals surface area contributed by atoms with Crippen LogP contribution >= 0.6 is 11.3 Å². The van der Waals surface area contributed by atoms with Gasteiger partial charge in [0.2, 0.25) is 0 Å². The van der Waals surface area contributed by atoms with Crippen LogP contribution in [0.15, 0.2) is 24.4 Å². The molecule has 21 heavy (non-hydrogen) atoms. The van der Waals surface area contributed by atoms with E-state index in [0.29, 0.717) is 16.4 Å². The first-order valence-electron chi connectivity index (χ1n) is 6.72. The van der Waals surface area contributed by atoms with Gasteiger partial charge in [-0.3, -0.25) is 10.1 Å². The lowest BCUT2D eigenvalue weighted by Crippen LogP contribution is -2.11. The molecule has 0 saturated carbocycles. The molecule has 0 saturated heterocycles. The molecule has 2 aromatic heterocycles. The fourth-order valence-corrected chi connectivity index (χ4v) is 3.20. The molecule has 3 aromatic rings. The predicted octanol–water partition coefficient (Wildman–Crippen LogP) is 3.33. The van der Waals surface area contributed by atoms with Crippen LogP contribution < -0.4 is 11.1 Å². The molecule has 0 aliphatic rings. The number of aromatic nitrogens is 2. The number of carbonyl (C=O) groups is 1. The Balaban J connectivity index is 1.91. The Morgan fingerprint density at radius 3 is 3.00 bits per heavy atom. The molecule has 108 valence electrons. The highest BCUT2D eigenvalue weighted by molar-refractivity contribution is 7.15. The van der Waals surface area contributed by atoms with E-state index in [9.17, 15) is 4.79 Å². The molecule has 3 rings (SSSR count). The zero-order valence-electron chi connectivity index (χ0n) is 11.9. The molecule has 0 radical (unpaired) electrons. The standard InChI is InChI=1S/C15H16N4OS/c1-3-12-8(2)21-15(18-12)19-14(20)11-7-17-13-5-4-9(16)6-10(11)13/h4-7,17H,3,16H2,1-2H3,(H,18,19,20). The molecule has 0 bridgehead atoms. The number of aryl methyl sites for hydroxylation is 2. The van der Waals surface area contributed by atoms with Crippen molar-refractivity contribution >= 4 is 39.0 Å². The summed E-state index contributed by atoms with van der Waals surface area (Å²) in [6.45, 7) is 4.06. The molecule has 2 heterocycles. The van der Waals surface area contributed by atoms with Crippen LogP contribution in [0.5, 0.6) is 0 Å². The van der Waals surface area contributed by atoms with Gasteiger partial charge in [-0.15, -0.1) is 11.3 Å². The average Bonchev–Trinajstić information content (AvgIpc) is 3.01. The number of nitrogen functional groups attached to an aromatic ring is 1. The van der Waals surface area contributed by atoms with Gasteiger partial charge in [0.05, 0.1) is 11.3 Å². The van der Waals surface area contributed by atoms with Gasteiger partial charge in [-0.2, -0.15) is 0 Å². The van der Waals surface area contributed by atoms with Crippen molar-refractivity contribution in [1.29, 1.82) is 0 Å². The third-order valence-corrected chi connectivity index (χ3v) is 4.33. The second kappa shape index (κ2) is 5.21. The highest BCUT2D eigenvalue weighted by Crippen LogP contribution is 2.25. The summed E-state index contributed by atoms with van der Waals surface area (Å²) < 4.78 is 0. The molecule has 0 fully saturated rings. The fraction of sp³-hybridized carbons (Fsp3) is 0.200. The monoisotopic (exact) mass is 300 g/mol. The molecular formula is C15H16N4OS. The lowest BCUT2D eigenvalue weighted by Gasteiger charge is -2.00. The first-order valence-corrected chi connectivity index (χ1v) is 7.54. The van der Waals surface area contributed by atoms with Crippen molar-refractivity contribution < 1.29 is 4.79 Å². The van der Waals surface area contributed by atoms with Crippen molar-refractivity contribution in [1.82, 2.24) is 9.97 Å². The number of hydrogen-bond acceptors (Lipinski definition) is 4. The summed E-state index contributed by atoms with van der Waals surface area (Å²) in [6, 6.07) is 5.47. The quantitative estimate of drug-likeness (QED) is 0.649. The molecular weight excluding hydrogens is 284 g/mol. The number of nitrogens with one attached hydrogen (secondary N) is 2. The maximum absolute atomic E-state index is 12.4. The predicted molar refractivity (Wildman–Crippen MR) is 86.9 cm³/mol. The van der Waals surface area contributed by atoms with E-state index in [1.54, 1.807) is 18.3 Å². The van der Waals surface area contributed by atoms with Gasteiger partial charge in [-0.1, -0.05) is 6.92 Å². The Morgan fingerprint density at radius 2 is 2.29 bits per heavy atom. The van der Waals surface area contributed by atoms with Crippen molar-refractivity contribution in [3.8, 4) is 0 Å². The third-order valence-electron chi connectivity index (χ3n) is 3.40. The molecule has 0 aliphatic heterocycles. The lowest BCUT2D eigenvalue weighted by atomic mass is 10.1. The first kappa shape index (κ1) is 13.6. The smallest absolute Gasteiger partial charge is 0.259 e. The number of benzene rings is 1. The highest BCUT2D eigenvalue weighted by atomic mass is 32.1. The summed E-state index contributed by atoms with van der Waals surface area (Å²) >= 11 is 1.50. The van der Waals surface area contributed by atoms with Crippen molar-refractivity contribution in [2.45, 2.75) is 20.3 Å². The van der Waals surface area contributed by atoms with Crippen LogP contribution in [-0.2, 0) is 6.42 Å². The molecule has 0 atom stereocenters. The normalized spacial score (nSPS) is 11.0. The van der Waals surface area contributed by atoms with Crippen LogP contribution in [-0.4, -0.2) is 15.9 Å². The number of H-pyrrole nitrogens is 1. The van der Waals surface area contributed by atoms with E-state index in [0.717, 1.165) is 27.9 Å². The summed E-state index contributed by atoms with van der Waals surface area (Å²) in [6.07, 6.45) is 2.56. The zero-order chi connectivity index (χ0) is 15.0. The minimum Gasteiger partial charge on any atom is -0.399 e. The van der Waals surface area contributed by atoms with Crippen LogP contribution in [0.1, 0.15) is 27.9 Å². The number of nitrogens with zero attached hydrogens (tertiary/aromatic N) is 1. The topological polar surface area (TPSA) is 83.8 Å². The molecule has 0 unspecified atom stereocenters. The Kier molecular flexibility index (Phi) is 3.39. The van der Waals surface area contributed by atoms with Gasteiger partial charge < -0.3 is 10.7 Å². The number of amides is 1. The van der Waals surface area contributed by atoms with Crippen LogP contribution in [0.4, 0.5) is 10.8 Å². The van der Waals surface area contributed by atoms with Crippen molar-refractivity contribution in [3.05, 3.63) is 40.5 Å². The number of thiazole rings is 1. The fourth-order valence-electron chi connectivity index (χ4n) is 2.30. The van der Waals surface area contributed by atoms with Crippen molar-refractivity contribution in [2.75, 3.05) is 11.1 Å². The maximum atomic E-state index is 12.4. The van der Waals surface area contributed by atoms with Gasteiger partial charge in [-0.05, 0) is 31.5 Å². The van der Waals surface area contributed by atoms with Gasteiger partial charge in [-0.25, -0.2) is 4.98 Å². The van der Waals surface area contributed by atoms with Crippen LogP contribution in [0.2, 0.25) is 0 Å². The minimum atomic E-state index is -0.178. The van der Waals surface area contributed by atoms with Gasteiger partial charge in [0.15, 0.2) is 5.13 Å². The van der Waals surface area contributed by atoms with Gasteiger partial charge in [0.25, 0.3) is 5.91 Å². The number of fused-ring (bicyclic) bond motifs is 1. The summed E-state index contributed by atoms with van der Waals surface area (Å²) in [5.41, 5.74) is 8.91. The van der Waals surface area contributed by atoms with Crippen LogP contribution in [0.3, 0.4) is 0 Å². The molecule has 4 N–H and O–H groups in total. The second-order valence-corrected chi connectivity index (χ2v) is 6.04. The molecule has 5 nitrogen and oxygen atoms in total. The zero-order valence-corrected chi connectivity index (χ0v) is 12.7. The number of anilines is 2. The van der Waals surface area contributed by atoms with E-state index >= 15 is 0 Å². The molecule has 0 aliphatic carbocycles. The van der Waals surface area contributed by atoms with E-state index in [1.807, 2.05) is 13.0 Å². The SMILES string of the molecule is CCc1nc(NC(=O)c2c[nH]c3ccc(N)cc23)sc1C. The Bertz CT molecular complexity index is 818. The van der Waals surface area contributed by atoms with E-state index < -0.39 is 0 Å². The summed E-state index contributed by atoms with van der Waals surface area (Å²) in [4.78, 5) is 21.0. The van der Waals surface area contributed by atoms with E-state index in [2.05, 4.69) is 22.2 Å². The lowest BCUT2D eigenvalue weighted by molar-refractivity contribution is 0.102. The Labute approximate surface area is 126 Å². The summed E-state index contributed by atoms with van der Waals surface area (Å²) in [7, 11) is 0. The first-order chi connectivity index (χ1) is 10.1. The molecule has 6 heteroatoms. The summed E-state index contributed by atoms with van der Waals surface area (Å²) in [5, 5.41) is 4.31. The van der Waals surface area contributed by atoms with E-state index in [-0.39, 0.29) is 5.91 Å². The number of carbonyl (C=O) groups excluding carboxylic acids is 1. The molecule has 1 amide bonds. The third kappa shape index (κ3) is 2.50. The van der Waals surface area contributed by atoms with E-state index in [1.165, 1.54) is 11.3 Å². The number of aromatic amines is 1. The van der Waals surface area contributed by atoms with Crippen LogP contribution in [0, 0.1) is 6.92 Å². The minimum absolute atomic E-state index is 0.178. The summed E-state index contributed by atoms with van der Waals surface area (Å²) in [5.74, 6) is -0.178. The highest BCUT2D eigenvalue weighted by Gasteiger charge is 2.15. The number of nitrogens with two attached hydrogens (primary N) is 1. The second-order valence-electron chi connectivity index (χ2n) is 4.84. The van der Waals surface area contributed by atoms with Gasteiger partial charge in [0, 0.05) is 27.7 Å². The molecule has 1 aromatic carbocycles. The Hall–Kier alpha value is -2.34. The maximum Gasteiger partial charge on any atom is 0.259 e. The van der Waals surface area contributed by atoms with Gasteiger partial charge >= 0.3 is 0 Å². The number of rotatable bonds is 3. The molecule has 0 spiro atoms. The van der Waals surface area contributed by atoms with Crippen molar-refractivity contribution in [2.24, 2.45) is 0 Å². The number of hydrogen-bond donors (Lipinski definition) is 3. The van der Waals surface area contributed by atoms with Crippen LogP contribution in [0.25, 0.3) is 10.9 Å². The van der Waals surface area contributed by atoms with E-state index in [4.69, 9.17) is 5.73 Å².